The number of carbonyl (C=O) groups is 1. The Bertz CT molecular complexity index is 871. The number of rotatable bonds is 3. The van der Waals surface area contributed by atoms with Crippen molar-refractivity contribution in [1.29, 1.82) is 0 Å². The zero-order valence-electron chi connectivity index (χ0n) is 13.9. The first-order valence-electron chi connectivity index (χ1n) is 8.20. The van der Waals surface area contributed by atoms with Gasteiger partial charge >= 0.3 is 0 Å². The number of amides is 1. The number of hydrogen-bond donors (Lipinski definition) is 0. The molecule has 1 aliphatic rings. The van der Waals surface area contributed by atoms with Crippen LogP contribution in [0.4, 0.5) is 0 Å². The van der Waals surface area contributed by atoms with E-state index in [0.717, 1.165) is 11.4 Å². The van der Waals surface area contributed by atoms with Gasteiger partial charge in [-0.15, -0.1) is 0 Å². The molecule has 4 heterocycles. The van der Waals surface area contributed by atoms with Crippen LogP contribution in [0.3, 0.4) is 0 Å². The van der Waals surface area contributed by atoms with Gasteiger partial charge in [-0.25, -0.2) is 4.68 Å². The van der Waals surface area contributed by atoms with Gasteiger partial charge in [0.2, 0.25) is 0 Å². The second-order valence-corrected chi connectivity index (χ2v) is 5.98. The van der Waals surface area contributed by atoms with Crippen LogP contribution < -0.4 is 0 Å². The highest BCUT2D eigenvalue weighted by Gasteiger charge is 2.31. The van der Waals surface area contributed by atoms with E-state index in [2.05, 4.69) is 10.1 Å². The quantitative estimate of drug-likeness (QED) is 0.731. The Kier molecular flexibility index (Phi) is 4.07. The first kappa shape index (κ1) is 15.6. The van der Waals surface area contributed by atoms with E-state index in [4.69, 9.17) is 4.74 Å². The lowest BCUT2D eigenvalue weighted by Crippen LogP contribution is -2.44. The highest BCUT2D eigenvalue weighted by Crippen LogP contribution is 2.26. The van der Waals surface area contributed by atoms with Crippen molar-refractivity contribution >= 4 is 5.91 Å². The molecule has 7 heteroatoms. The van der Waals surface area contributed by atoms with Crippen molar-refractivity contribution in [1.82, 2.24) is 24.2 Å². The predicted molar refractivity (Wildman–Crippen MR) is 91.4 cm³/mol. The Morgan fingerprint density at radius 2 is 2.16 bits per heavy atom. The summed E-state index contributed by atoms with van der Waals surface area (Å²) in [5.74, 6) is -0.0940. The van der Waals surface area contributed by atoms with Gasteiger partial charge in [0.25, 0.3) is 5.91 Å². The molecule has 1 saturated heterocycles. The van der Waals surface area contributed by atoms with Gasteiger partial charge in [0.05, 0.1) is 24.9 Å². The van der Waals surface area contributed by atoms with Crippen LogP contribution in [0.1, 0.15) is 22.2 Å². The summed E-state index contributed by atoms with van der Waals surface area (Å²) in [5.41, 5.74) is 2.28. The summed E-state index contributed by atoms with van der Waals surface area (Å²) in [6, 6.07) is 9.33. The molecule has 0 unspecified atom stereocenters. The average molecular weight is 337 g/mol. The number of aromatic nitrogens is 4. The molecule has 1 aliphatic heterocycles. The first-order chi connectivity index (χ1) is 12.2. The van der Waals surface area contributed by atoms with Crippen molar-refractivity contribution in [3.05, 3.63) is 66.5 Å². The minimum absolute atomic E-state index is 0.0940. The molecule has 1 fully saturated rings. The minimum atomic E-state index is -0.114. The number of carbonyl (C=O) groups excluding carboxylic acids is 1. The molecule has 3 aromatic heterocycles. The molecule has 0 N–H and O–H groups in total. The molecule has 1 atom stereocenters. The average Bonchev–Trinajstić information content (AvgIpc) is 3.33. The van der Waals surface area contributed by atoms with Crippen LogP contribution in [0.25, 0.3) is 5.69 Å². The molecule has 0 aliphatic carbocycles. The molecule has 7 nitrogen and oxygen atoms in total. The number of hydrogen-bond acceptors (Lipinski definition) is 4. The maximum Gasteiger partial charge on any atom is 0.273 e. The maximum atomic E-state index is 13.1. The van der Waals surface area contributed by atoms with Crippen molar-refractivity contribution in [3.63, 3.8) is 0 Å². The van der Waals surface area contributed by atoms with E-state index in [1.165, 1.54) is 0 Å². The fraction of sp³-hybridized carbons (Fsp3) is 0.278. The Morgan fingerprint density at radius 1 is 1.24 bits per heavy atom. The third kappa shape index (κ3) is 2.94. The number of ether oxygens (including phenoxy) is 1. The van der Waals surface area contributed by atoms with E-state index in [1.54, 1.807) is 23.1 Å². The van der Waals surface area contributed by atoms with E-state index >= 15 is 0 Å². The summed E-state index contributed by atoms with van der Waals surface area (Å²) in [5, 5.41) is 4.21. The van der Waals surface area contributed by atoms with Crippen LogP contribution in [-0.2, 0) is 11.8 Å². The van der Waals surface area contributed by atoms with E-state index in [-0.39, 0.29) is 11.9 Å². The van der Waals surface area contributed by atoms with Gasteiger partial charge < -0.3 is 14.2 Å². The molecular weight excluding hydrogens is 318 g/mol. The van der Waals surface area contributed by atoms with E-state index in [1.807, 2.05) is 53.2 Å². The Labute approximate surface area is 145 Å². The van der Waals surface area contributed by atoms with E-state index in [9.17, 15) is 4.79 Å². The standard InChI is InChI=1S/C18H19N5O2/c1-21-8-2-4-16(21)17-13-25-11-10-22(17)18(24)15-12-14(5-7-19-15)23-9-3-6-20-23/h2-9,12,17H,10-11,13H2,1H3/t17-/m0/s1. The van der Waals surface area contributed by atoms with Crippen molar-refractivity contribution in [2.45, 2.75) is 6.04 Å². The number of pyridine rings is 1. The number of morpholine rings is 1. The lowest BCUT2D eigenvalue weighted by atomic mass is 10.1. The predicted octanol–water partition coefficient (Wildman–Crippen LogP) is 1.82. The summed E-state index contributed by atoms with van der Waals surface area (Å²) < 4.78 is 9.35. The fourth-order valence-corrected chi connectivity index (χ4v) is 3.16. The Hall–Kier alpha value is -2.93. The van der Waals surface area contributed by atoms with Gasteiger partial charge in [-0.1, -0.05) is 0 Å². The van der Waals surface area contributed by atoms with Gasteiger partial charge in [-0.05, 0) is 30.3 Å². The molecular formula is C18H19N5O2. The second kappa shape index (κ2) is 6.52. The van der Waals surface area contributed by atoms with Crippen molar-refractivity contribution in [2.24, 2.45) is 7.05 Å². The van der Waals surface area contributed by atoms with Gasteiger partial charge in [-0.3, -0.25) is 9.78 Å². The monoisotopic (exact) mass is 337 g/mol. The summed E-state index contributed by atoms with van der Waals surface area (Å²) >= 11 is 0. The van der Waals surface area contributed by atoms with Gasteiger partial charge in [0.1, 0.15) is 5.69 Å². The van der Waals surface area contributed by atoms with Crippen LogP contribution in [0.5, 0.6) is 0 Å². The third-order valence-corrected chi connectivity index (χ3v) is 4.45. The molecule has 25 heavy (non-hydrogen) atoms. The van der Waals surface area contributed by atoms with E-state index in [0.29, 0.717) is 25.5 Å². The zero-order chi connectivity index (χ0) is 17.2. The first-order valence-corrected chi connectivity index (χ1v) is 8.20. The van der Waals surface area contributed by atoms with Crippen LogP contribution in [0, 0.1) is 0 Å². The molecule has 128 valence electrons. The Morgan fingerprint density at radius 3 is 2.92 bits per heavy atom. The highest BCUT2D eigenvalue weighted by atomic mass is 16.5. The summed E-state index contributed by atoms with van der Waals surface area (Å²) in [7, 11) is 1.98. The van der Waals surface area contributed by atoms with Gasteiger partial charge in [0, 0.05) is 44.1 Å². The molecule has 0 radical (unpaired) electrons. The van der Waals surface area contributed by atoms with Crippen molar-refractivity contribution in [2.75, 3.05) is 19.8 Å². The SMILES string of the molecule is Cn1cccc1[C@@H]1COCCN1C(=O)c1cc(-n2cccn2)ccn1. The van der Waals surface area contributed by atoms with Crippen LogP contribution in [0.2, 0.25) is 0 Å². The molecule has 0 aromatic carbocycles. The molecule has 1 amide bonds. The summed E-state index contributed by atoms with van der Waals surface area (Å²) in [4.78, 5) is 19.2. The highest BCUT2D eigenvalue weighted by molar-refractivity contribution is 5.93. The largest absolute Gasteiger partial charge is 0.377 e. The fourth-order valence-electron chi connectivity index (χ4n) is 3.16. The van der Waals surface area contributed by atoms with Crippen LogP contribution in [0.15, 0.2) is 55.1 Å². The van der Waals surface area contributed by atoms with E-state index < -0.39 is 0 Å². The molecule has 0 saturated carbocycles. The van der Waals surface area contributed by atoms with Gasteiger partial charge in [0.15, 0.2) is 0 Å². The van der Waals surface area contributed by atoms with Crippen molar-refractivity contribution < 1.29 is 9.53 Å². The lowest BCUT2D eigenvalue weighted by molar-refractivity contribution is -0.00494. The minimum Gasteiger partial charge on any atom is -0.377 e. The zero-order valence-corrected chi connectivity index (χ0v) is 13.9. The molecule has 4 rings (SSSR count). The summed E-state index contributed by atoms with van der Waals surface area (Å²) in [6.07, 6.45) is 7.16. The lowest BCUT2D eigenvalue weighted by Gasteiger charge is -2.35. The topological polar surface area (TPSA) is 65.2 Å². The molecule has 0 bridgehead atoms. The third-order valence-electron chi connectivity index (χ3n) is 4.45. The Balaban J connectivity index is 1.65. The number of aryl methyl sites for hydroxylation is 1. The molecule has 0 spiro atoms. The molecule has 3 aromatic rings. The maximum absolute atomic E-state index is 13.1. The smallest absolute Gasteiger partial charge is 0.273 e. The normalized spacial score (nSPS) is 17.6. The summed E-state index contributed by atoms with van der Waals surface area (Å²) in [6.45, 7) is 1.57. The van der Waals surface area contributed by atoms with Gasteiger partial charge in [-0.2, -0.15) is 5.10 Å². The van der Waals surface area contributed by atoms with Crippen LogP contribution in [-0.4, -0.2) is 49.9 Å². The van der Waals surface area contributed by atoms with Crippen molar-refractivity contribution in [3.8, 4) is 5.69 Å². The van der Waals surface area contributed by atoms with Crippen LogP contribution >= 0.6 is 0 Å². The number of nitrogens with zero attached hydrogens (tertiary/aromatic N) is 5. The second-order valence-electron chi connectivity index (χ2n) is 5.98.